The number of methoxy groups -OCH3 is 2. The Morgan fingerprint density at radius 3 is 2.86 bits per heavy atom. The number of carbonyl (C=O) groups excluding carboxylic acids is 1. The molecule has 10 heteroatoms. The van der Waals surface area contributed by atoms with Crippen LogP contribution >= 0.6 is 0 Å². The van der Waals surface area contributed by atoms with Crippen molar-refractivity contribution in [2.24, 2.45) is 0 Å². The number of esters is 1. The molecule has 2 atom stereocenters. The number of ether oxygens (including phenoxy) is 2. The van der Waals surface area contributed by atoms with Crippen LogP contribution < -0.4 is 15.0 Å². The Morgan fingerprint density at radius 1 is 1.22 bits per heavy atom. The van der Waals surface area contributed by atoms with Gasteiger partial charge in [-0.25, -0.2) is 9.18 Å². The molecule has 2 aliphatic heterocycles. The number of rotatable bonds is 4. The molecular weight excluding hydrogens is 465 g/mol. The quantitative estimate of drug-likeness (QED) is 0.418. The summed E-state index contributed by atoms with van der Waals surface area (Å²) in [6, 6.07) is 10.6. The zero-order valence-electron chi connectivity index (χ0n) is 19.8. The summed E-state index contributed by atoms with van der Waals surface area (Å²) < 4.78 is 26.5. The Labute approximate surface area is 205 Å². The lowest BCUT2D eigenvalue weighted by atomic mass is 9.97. The van der Waals surface area contributed by atoms with Crippen LogP contribution in [0.15, 0.2) is 42.6 Å². The highest BCUT2D eigenvalue weighted by atomic mass is 19.1. The topological polar surface area (TPSA) is 110 Å². The molecule has 2 bridgehead atoms. The summed E-state index contributed by atoms with van der Waals surface area (Å²) >= 11 is 0. The number of hydrogen-bond donors (Lipinski definition) is 2. The molecular formula is C26H24FN5O4. The highest BCUT2D eigenvalue weighted by Crippen LogP contribution is 2.39. The monoisotopic (exact) mass is 489 g/mol. The molecule has 9 nitrogen and oxygen atoms in total. The molecule has 6 rings (SSSR count). The minimum Gasteiger partial charge on any atom is -0.508 e. The molecule has 2 aromatic heterocycles. The fourth-order valence-electron chi connectivity index (χ4n) is 5.49. The van der Waals surface area contributed by atoms with Crippen molar-refractivity contribution in [2.45, 2.75) is 24.4 Å². The van der Waals surface area contributed by atoms with Crippen molar-refractivity contribution in [2.75, 3.05) is 32.2 Å². The summed E-state index contributed by atoms with van der Waals surface area (Å²) in [5, 5.41) is 15.6. The van der Waals surface area contributed by atoms with Crippen LogP contribution in [0.4, 0.5) is 10.2 Å². The Morgan fingerprint density at radius 2 is 2.06 bits per heavy atom. The fourth-order valence-corrected chi connectivity index (χ4v) is 5.49. The Kier molecular flexibility index (Phi) is 5.15. The molecule has 2 saturated heterocycles. The van der Waals surface area contributed by atoms with E-state index in [0.29, 0.717) is 36.3 Å². The van der Waals surface area contributed by atoms with E-state index in [1.165, 1.54) is 26.5 Å². The molecule has 4 aromatic rings. The van der Waals surface area contributed by atoms with Gasteiger partial charge in [-0.2, -0.15) is 9.97 Å². The molecule has 2 N–H and O–H groups in total. The van der Waals surface area contributed by atoms with Gasteiger partial charge in [0.1, 0.15) is 28.3 Å². The van der Waals surface area contributed by atoms with Gasteiger partial charge in [-0.05, 0) is 35.7 Å². The number of nitrogens with one attached hydrogen (secondary N) is 1. The molecule has 0 aliphatic carbocycles. The third-order valence-corrected chi connectivity index (χ3v) is 7.11. The van der Waals surface area contributed by atoms with Crippen molar-refractivity contribution in [1.29, 1.82) is 0 Å². The maximum Gasteiger partial charge on any atom is 0.327 e. The van der Waals surface area contributed by atoms with Crippen molar-refractivity contribution in [1.82, 2.24) is 20.3 Å². The minimum atomic E-state index is -0.853. The first kappa shape index (κ1) is 22.4. The molecule has 4 heterocycles. The summed E-state index contributed by atoms with van der Waals surface area (Å²) in [6.07, 6.45) is 2.99. The number of aromatic nitrogens is 3. The number of nitrogens with zero attached hydrogens (tertiary/aromatic N) is 4. The lowest BCUT2D eigenvalue weighted by molar-refractivity contribution is -0.148. The number of phenols is 1. The molecule has 0 radical (unpaired) electrons. The first-order valence-corrected chi connectivity index (χ1v) is 11.7. The van der Waals surface area contributed by atoms with E-state index in [1.54, 1.807) is 6.07 Å². The number of anilines is 1. The normalized spacial score (nSPS) is 21.2. The second-order valence-electron chi connectivity index (χ2n) is 9.27. The van der Waals surface area contributed by atoms with E-state index in [-0.39, 0.29) is 35.0 Å². The van der Waals surface area contributed by atoms with E-state index < -0.39 is 11.4 Å². The first-order valence-electron chi connectivity index (χ1n) is 11.7. The molecule has 2 unspecified atom stereocenters. The van der Waals surface area contributed by atoms with Crippen molar-refractivity contribution >= 4 is 33.5 Å². The van der Waals surface area contributed by atoms with Gasteiger partial charge in [0.15, 0.2) is 5.82 Å². The van der Waals surface area contributed by atoms with E-state index in [2.05, 4.69) is 20.3 Å². The number of piperazine rings is 1. The minimum absolute atomic E-state index is 0.00677. The van der Waals surface area contributed by atoms with E-state index in [9.17, 15) is 9.90 Å². The number of aromatic hydroxyl groups is 1. The molecule has 2 aliphatic rings. The third kappa shape index (κ3) is 3.40. The van der Waals surface area contributed by atoms with Crippen LogP contribution in [0.5, 0.6) is 11.8 Å². The van der Waals surface area contributed by atoms with Crippen molar-refractivity contribution in [3.63, 3.8) is 0 Å². The van der Waals surface area contributed by atoms with E-state index in [0.717, 1.165) is 17.2 Å². The van der Waals surface area contributed by atoms with E-state index in [4.69, 9.17) is 9.47 Å². The first-order chi connectivity index (χ1) is 17.4. The maximum absolute atomic E-state index is 16.1. The molecule has 0 spiro atoms. The van der Waals surface area contributed by atoms with Crippen molar-refractivity contribution < 1.29 is 23.8 Å². The maximum atomic E-state index is 16.1. The lowest BCUT2D eigenvalue weighted by Crippen LogP contribution is -2.64. The van der Waals surface area contributed by atoms with Gasteiger partial charge < -0.3 is 19.5 Å². The van der Waals surface area contributed by atoms with Gasteiger partial charge in [0.05, 0.1) is 19.6 Å². The molecule has 2 aromatic carbocycles. The molecule has 184 valence electrons. The molecule has 0 saturated carbocycles. The summed E-state index contributed by atoms with van der Waals surface area (Å²) in [5.41, 5.74) is -0.289. The Bertz CT molecular complexity index is 1530. The van der Waals surface area contributed by atoms with E-state index >= 15 is 4.39 Å². The average Bonchev–Trinajstić information content (AvgIpc) is 3.21. The zero-order chi connectivity index (χ0) is 25.0. The summed E-state index contributed by atoms with van der Waals surface area (Å²) in [6.45, 7) is 0.889. The van der Waals surface area contributed by atoms with Crippen LogP contribution in [0.25, 0.3) is 32.9 Å². The number of phenolic OH excluding ortho intramolecular Hbond substituents is 1. The van der Waals surface area contributed by atoms with Gasteiger partial charge >= 0.3 is 12.0 Å². The van der Waals surface area contributed by atoms with Crippen LogP contribution in [0.3, 0.4) is 0 Å². The van der Waals surface area contributed by atoms with Gasteiger partial charge in [-0.15, -0.1) is 0 Å². The fraction of sp³-hybridized carbons (Fsp3) is 0.308. The van der Waals surface area contributed by atoms with Gasteiger partial charge in [0.2, 0.25) is 0 Å². The van der Waals surface area contributed by atoms with Gasteiger partial charge in [-0.3, -0.25) is 10.3 Å². The van der Waals surface area contributed by atoms with Gasteiger partial charge in [-0.1, -0.05) is 24.3 Å². The summed E-state index contributed by atoms with van der Waals surface area (Å²) in [5.74, 6) is -0.527. The van der Waals surface area contributed by atoms with Crippen LogP contribution in [0, 0.1) is 5.82 Å². The lowest BCUT2D eigenvalue weighted by Gasteiger charge is -2.40. The highest BCUT2D eigenvalue weighted by molar-refractivity contribution is 6.00. The largest absolute Gasteiger partial charge is 0.508 e. The van der Waals surface area contributed by atoms with E-state index in [1.807, 2.05) is 29.2 Å². The predicted octanol–water partition coefficient (Wildman–Crippen LogP) is 3.18. The molecule has 2 fully saturated rings. The second kappa shape index (κ2) is 8.27. The van der Waals surface area contributed by atoms with Crippen LogP contribution in [-0.2, 0) is 9.53 Å². The Balaban J connectivity index is 1.52. The number of carbonyl (C=O) groups is 1. The Hall–Kier alpha value is -4.05. The smallest absolute Gasteiger partial charge is 0.327 e. The zero-order valence-corrected chi connectivity index (χ0v) is 19.8. The standard InChI is InChI=1S/C26H24FN5O4/c1-35-24(34)26-8-7-15(31-26)12-32(13-26)23-19-11-28-21(20(27)22(19)29-25(30-23)36-2)18-10-16(33)9-14-5-3-4-6-17(14)18/h3-6,9-11,15,31,33H,7-8,12-13H2,1-2H3. The summed E-state index contributed by atoms with van der Waals surface area (Å²) in [4.78, 5) is 27.9. The number of fused-ring (bicyclic) bond motifs is 4. The third-order valence-electron chi connectivity index (χ3n) is 7.11. The van der Waals surface area contributed by atoms with Crippen LogP contribution in [0.2, 0.25) is 0 Å². The van der Waals surface area contributed by atoms with Crippen LogP contribution in [0.1, 0.15) is 12.8 Å². The number of pyridine rings is 1. The number of halogens is 1. The van der Waals surface area contributed by atoms with Crippen molar-refractivity contribution in [3.8, 4) is 23.0 Å². The number of hydrogen-bond acceptors (Lipinski definition) is 9. The predicted molar refractivity (Wildman–Crippen MR) is 132 cm³/mol. The molecule has 0 amide bonds. The highest BCUT2D eigenvalue weighted by Gasteiger charge is 2.51. The SMILES string of the molecule is COC(=O)C12CCC(CN(c3nc(OC)nc4c(F)c(-c5cc(O)cc6ccccc56)ncc34)C1)N2. The average molecular weight is 490 g/mol. The molecule has 36 heavy (non-hydrogen) atoms. The second-order valence-corrected chi connectivity index (χ2v) is 9.27. The van der Waals surface area contributed by atoms with Gasteiger partial charge in [0, 0.05) is 30.9 Å². The van der Waals surface area contributed by atoms with Gasteiger partial charge in [0.25, 0.3) is 0 Å². The van der Waals surface area contributed by atoms with Crippen LogP contribution in [-0.4, -0.2) is 64.9 Å². The van der Waals surface area contributed by atoms with Crippen molar-refractivity contribution in [3.05, 3.63) is 48.4 Å². The number of benzene rings is 2. The summed E-state index contributed by atoms with van der Waals surface area (Å²) in [7, 11) is 2.80.